The van der Waals surface area contributed by atoms with E-state index < -0.39 is 0 Å². The molecule has 1 heterocycles. The second-order valence-electron chi connectivity index (χ2n) is 4.67. The highest BCUT2D eigenvalue weighted by Crippen LogP contribution is 2.11. The van der Waals surface area contributed by atoms with E-state index in [2.05, 4.69) is 4.98 Å². The van der Waals surface area contributed by atoms with Crippen LogP contribution in [-0.4, -0.2) is 27.4 Å². The summed E-state index contributed by atoms with van der Waals surface area (Å²) in [6.07, 6.45) is 3.93. The molecule has 0 unspecified atom stereocenters. The van der Waals surface area contributed by atoms with Gasteiger partial charge in [-0.2, -0.15) is 0 Å². The van der Waals surface area contributed by atoms with E-state index in [4.69, 9.17) is 0 Å². The molecule has 0 saturated heterocycles. The van der Waals surface area contributed by atoms with Gasteiger partial charge in [-0.05, 0) is 6.07 Å². The van der Waals surface area contributed by atoms with Crippen LogP contribution in [0, 0.1) is 5.82 Å². The molecule has 1 aromatic heterocycles. The lowest BCUT2D eigenvalue weighted by Crippen LogP contribution is -2.27. The molecular formula is C15H18FN3O. The summed E-state index contributed by atoms with van der Waals surface area (Å²) in [6.45, 7) is 2.66. The Labute approximate surface area is 117 Å². The molecule has 0 aliphatic rings. The molecule has 0 radical (unpaired) electrons. The lowest BCUT2D eigenvalue weighted by Gasteiger charge is -2.17. The summed E-state index contributed by atoms with van der Waals surface area (Å²) < 4.78 is 15.5. The summed E-state index contributed by atoms with van der Waals surface area (Å²) in [5.74, 6) is 0.577. The van der Waals surface area contributed by atoms with Crippen LogP contribution in [0.2, 0.25) is 0 Å². The van der Waals surface area contributed by atoms with E-state index in [0.29, 0.717) is 25.1 Å². The maximum Gasteiger partial charge on any atom is 0.222 e. The van der Waals surface area contributed by atoms with Gasteiger partial charge in [-0.25, -0.2) is 9.37 Å². The normalized spacial score (nSPS) is 10.6. The van der Waals surface area contributed by atoms with Gasteiger partial charge in [-0.1, -0.05) is 25.1 Å². The molecule has 106 valence electrons. The number of hydrogen-bond donors (Lipinski definition) is 0. The minimum Gasteiger partial charge on any atom is -0.338 e. The number of hydrogen-bond acceptors (Lipinski definition) is 2. The number of carbonyl (C=O) groups excluding carboxylic acids is 1. The van der Waals surface area contributed by atoms with Crippen molar-refractivity contribution in [3.63, 3.8) is 0 Å². The van der Waals surface area contributed by atoms with E-state index >= 15 is 0 Å². The van der Waals surface area contributed by atoms with E-state index in [9.17, 15) is 9.18 Å². The maximum absolute atomic E-state index is 13.7. The molecule has 0 spiro atoms. The average Bonchev–Trinajstić information content (AvgIpc) is 2.87. The van der Waals surface area contributed by atoms with Crippen LogP contribution in [0.1, 0.15) is 24.7 Å². The SMILES string of the molecule is CCC(=O)N(C)Cc1nccn1Cc1ccccc1F. The van der Waals surface area contributed by atoms with Gasteiger partial charge in [-0.15, -0.1) is 0 Å². The number of benzene rings is 1. The highest BCUT2D eigenvalue weighted by atomic mass is 19.1. The molecule has 4 nitrogen and oxygen atoms in total. The highest BCUT2D eigenvalue weighted by molar-refractivity contribution is 5.75. The van der Waals surface area contributed by atoms with Crippen molar-refractivity contribution < 1.29 is 9.18 Å². The lowest BCUT2D eigenvalue weighted by atomic mass is 10.2. The molecule has 0 aliphatic heterocycles. The van der Waals surface area contributed by atoms with Gasteiger partial charge in [0.15, 0.2) is 0 Å². The predicted molar refractivity (Wildman–Crippen MR) is 74.5 cm³/mol. The first-order valence-electron chi connectivity index (χ1n) is 6.59. The van der Waals surface area contributed by atoms with Crippen molar-refractivity contribution in [1.29, 1.82) is 0 Å². The summed E-state index contributed by atoms with van der Waals surface area (Å²) in [4.78, 5) is 17.5. The molecule has 0 bridgehead atoms. The standard InChI is InChI=1S/C15H18FN3O/c1-3-15(20)18(2)11-14-17-8-9-19(14)10-12-6-4-5-7-13(12)16/h4-9H,3,10-11H2,1-2H3. The molecule has 1 aromatic carbocycles. The Morgan fingerprint density at radius 2 is 2.15 bits per heavy atom. The van der Waals surface area contributed by atoms with Gasteiger partial charge in [-0.3, -0.25) is 4.79 Å². The number of rotatable bonds is 5. The highest BCUT2D eigenvalue weighted by Gasteiger charge is 2.11. The van der Waals surface area contributed by atoms with Crippen LogP contribution < -0.4 is 0 Å². The van der Waals surface area contributed by atoms with Gasteiger partial charge >= 0.3 is 0 Å². The Balaban J connectivity index is 2.13. The Bertz CT molecular complexity index is 594. The molecule has 0 aliphatic carbocycles. The third kappa shape index (κ3) is 3.23. The first-order chi connectivity index (χ1) is 9.61. The van der Waals surface area contributed by atoms with Gasteiger partial charge in [0.2, 0.25) is 5.91 Å². The maximum atomic E-state index is 13.7. The van der Waals surface area contributed by atoms with E-state index in [-0.39, 0.29) is 11.7 Å². The third-order valence-electron chi connectivity index (χ3n) is 3.21. The van der Waals surface area contributed by atoms with Crippen LogP contribution in [-0.2, 0) is 17.9 Å². The summed E-state index contributed by atoms with van der Waals surface area (Å²) >= 11 is 0. The molecule has 1 amide bonds. The number of amides is 1. The second kappa shape index (κ2) is 6.32. The largest absolute Gasteiger partial charge is 0.338 e. The monoisotopic (exact) mass is 275 g/mol. The smallest absolute Gasteiger partial charge is 0.222 e. The van der Waals surface area contributed by atoms with Crippen LogP contribution in [0.4, 0.5) is 4.39 Å². The lowest BCUT2D eigenvalue weighted by molar-refractivity contribution is -0.130. The molecular weight excluding hydrogens is 257 g/mol. The molecule has 2 rings (SSSR count). The summed E-state index contributed by atoms with van der Waals surface area (Å²) in [6, 6.07) is 6.67. The van der Waals surface area contributed by atoms with Gasteiger partial charge < -0.3 is 9.47 Å². The first kappa shape index (κ1) is 14.2. The number of carbonyl (C=O) groups is 1. The number of aromatic nitrogens is 2. The van der Waals surface area contributed by atoms with Crippen molar-refractivity contribution in [2.45, 2.75) is 26.4 Å². The minimum atomic E-state index is -0.231. The Hall–Kier alpha value is -2.17. The van der Waals surface area contributed by atoms with Crippen molar-refractivity contribution in [2.75, 3.05) is 7.05 Å². The van der Waals surface area contributed by atoms with E-state index in [1.54, 1.807) is 36.5 Å². The van der Waals surface area contributed by atoms with Crippen molar-refractivity contribution in [3.05, 3.63) is 53.9 Å². The van der Waals surface area contributed by atoms with E-state index in [0.717, 1.165) is 5.82 Å². The van der Waals surface area contributed by atoms with Gasteiger partial charge in [0.25, 0.3) is 0 Å². The van der Waals surface area contributed by atoms with Gasteiger partial charge in [0.05, 0.1) is 13.1 Å². The zero-order valence-electron chi connectivity index (χ0n) is 11.7. The quantitative estimate of drug-likeness (QED) is 0.840. The van der Waals surface area contributed by atoms with Crippen molar-refractivity contribution >= 4 is 5.91 Å². The minimum absolute atomic E-state index is 0.0606. The Kier molecular flexibility index (Phi) is 4.50. The number of imidazole rings is 1. The van der Waals surface area contributed by atoms with Crippen molar-refractivity contribution in [1.82, 2.24) is 14.5 Å². The Morgan fingerprint density at radius 3 is 2.85 bits per heavy atom. The van der Waals surface area contributed by atoms with Gasteiger partial charge in [0, 0.05) is 31.4 Å². The molecule has 20 heavy (non-hydrogen) atoms. The number of halogens is 1. The fraction of sp³-hybridized carbons (Fsp3) is 0.333. The predicted octanol–water partition coefficient (Wildman–Crippen LogP) is 2.44. The third-order valence-corrected chi connectivity index (χ3v) is 3.21. The Morgan fingerprint density at radius 1 is 1.40 bits per heavy atom. The van der Waals surface area contributed by atoms with Crippen LogP contribution in [0.3, 0.4) is 0 Å². The topological polar surface area (TPSA) is 38.1 Å². The second-order valence-corrected chi connectivity index (χ2v) is 4.67. The number of nitrogens with zero attached hydrogens (tertiary/aromatic N) is 3. The van der Waals surface area contributed by atoms with Crippen LogP contribution in [0.15, 0.2) is 36.7 Å². The van der Waals surface area contributed by atoms with Gasteiger partial charge in [0.1, 0.15) is 11.6 Å². The van der Waals surface area contributed by atoms with Crippen molar-refractivity contribution in [3.8, 4) is 0 Å². The fourth-order valence-electron chi connectivity index (χ4n) is 2.02. The molecule has 0 fully saturated rings. The van der Waals surface area contributed by atoms with Crippen LogP contribution >= 0.6 is 0 Å². The average molecular weight is 275 g/mol. The summed E-state index contributed by atoms with van der Waals surface area (Å²) in [7, 11) is 1.74. The van der Waals surface area contributed by atoms with E-state index in [1.807, 2.05) is 17.6 Å². The van der Waals surface area contributed by atoms with Crippen LogP contribution in [0.5, 0.6) is 0 Å². The molecule has 0 saturated carbocycles. The fourth-order valence-corrected chi connectivity index (χ4v) is 2.02. The van der Waals surface area contributed by atoms with Crippen LogP contribution in [0.25, 0.3) is 0 Å². The molecule has 2 aromatic rings. The molecule has 0 N–H and O–H groups in total. The van der Waals surface area contributed by atoms with E-state index in [1.165, 1.54) is 6.07 Å². The molecule has 0 atom stereocenters. The summed E-state index contributed by atoms with van der Waals surface area (Å²) in [5.41, 5.74) is 0.608. The first-order valence-corrected chi connectivity index (χ1v) is 6.59. The summed E-state index contributed by atoms with van der Waals surface area (Å²) in [5, 5.41) is 0. The van der Waals surface area contributed by atoms with Crippen molar-refractivity contribution in [2.24, 2.45) is 0 Å². The molecule has 5 heteroatoms. The zero-order valence-corrected chi connectivity index (χ0v) is 11.7. The zero-order chi connectivity index (χ0) is 14.5.